The number of piperidine rings is 1. The maximum Gasteiger partial charge on any atom is 0.236 e. The molecule has 1 heterocycles. The summed E-state index contributed by atoms with van der Waals surface area (Å²) in [5.41, 5.74) is 0. The lowest BCUT2D eigenvalue weighted by Gasteiger charge is -2.26. The Labute approximate surface area is 107 Å². The molecule has 1 aliphatic heterocycles. The molecule has 1 rings (SSSR count). The molecule has 0 bridgehead atoms. The molecule has 0 aliphatic carbocycles. The highest BCUT2D eigenvalue weighted by Crippen LogP contribution is 2.08. The topological polar surface area (TPSA) is 49.4 Å². The zero-order valence-corrected chi connectivity index (χ0v) is 11.7. The summed E-state index contributed by atoms with van der Waals surface area (Å²) >= 11 is 0. The van der Waals surface area contributed by atoms with Crippen molar-refractivity contribution in [3.8, 4) is 0 Å². The van der Waals surface area contributed by atoms with Gasteiger partial charge in [-0.05, 0) is 32.2 Å². The number of hydrogen-bond acceptors (Lipinski definition) is 3. The quantitative estimate of drug-likeness (QED) is 0.717. The van der Waals surface area contributed by atoms with Gasteiger partial charge in [0.2, 0.25) is 5.91 Å². The van der Waals surface area contributed by atoms with E-state index >= 15 is 0 Å². The van der Waals surface area contributed by atoms with Crippen molar-refractivity contribution in [1.29, 1.82) is 0 Å². The molecule has 0 aromatic rings. The molecule has 1 amide bonds. The molecule has 1 fully saturated rings. The second-order valence-corrected chi connectivity index (χ2v) is 6.52. The first-order chi connectivity index (χ1) is 8.11. The summed E-state index contributed by atoms with van der Waals surface area (Å²) in [6, 6.07) is 0. The van der Waals surface area contributed by atoms with Crippen LogP contribution in [0.4, 0.5) is 0 Å². The third-order valence-electron chi connectivity index (χ3n) is 3.28. The van der Waals surface area contributed by atoms with Crippen molar-refractivity contribution in [1.82, 2.24) is 10.2 Å². The Kier molecular flexibility index (Phi) is 6.73. The zero-order chi connectivity index (χ0) is 12.7. The maximum atomic E-state index is 11.8. The van der Waals surface area contributed by atoms with Crippen molar-refractivity contribution < 1.29 is 9.00 Å². The van der Waals surface area contributed by atoms with Gasteiger partial charge >= 0.3 is 0 Å². The number of rotatable bonds is 6. The molecule has 1 N–H and O–H groups in total. The van der Waals surface area contributed by atoms with Gasteiger partial charge in [-0.3, -0.25) is 9.00 Å². The minimum Gasteiger partial charge on any atom is -0.342 e. The van der Waals surface area contributed by atoms with E-state index in [1.807, 2.05) is 11.8 Å². The van der Waals surface area contributed by atoms with Crippen molar-refractivity contribution in [2.75, 3.05) is 32.4 Å². The van der Waals surface area contributed by atoms with E-state index in [1.165, 1.54) is 6.42 Å². The fourth-order valence-corrected chi connectivity index (χ4v) is 2.37. The molecule has 0 aromatic carbocycles. The summed E-state index contributed by atoms with van der Waals surface area (Å²) in [4.78, 5) is 13.7. The normalized spacial score (nSPS) is 20.0. The zero-order valence-electron chi connectivity index (χ0n) is 10.9. The summed E-state index contributed by atoms with van der Waals surface area (Å²) in [6.45, 7) is 4.99. The first kappa shape index (κ1) is 14.6. The van der Waals surface area contributed by atoms with Crippen LogP contribution in [0.3, 0.4) is 0 Å². The Balaban J connectivity index is 2.09. The number of carbonyl (C=O) groups excluding carboxylic acids is 1. The van der Waals surface area contributed by atoms with E-state index in [4.69, 9.17) is 0 Å². The molecular weight excluding hydrogens is 236 g/mol. The van der Waals surface area contributed by atoms with Crippen LogP contribution in [0.2, 0.25) is 0 Å². The summed E-state index contributed by atoms with van der Waals surface area (Å²) in [5, 5.41) is 3.34. The van der Waals surface area contributed by atoms with Gasteiger partial charge in [0, 0.05) is 35.4 Å². The Morgan fingerprint density at radius 2 is 2.00 bits per heavy atom. The molecule has 4 nitrogen and oxygen atoms in total. The van der Waals surface area contributed by atoms with E-state index in [0.29, 0.717) is 6.54 Å². The Morgan fingerprint density at radius 1 is 1.35 bits per heavy atom. The molecule has 1 aliphatic rings. The van der Waals surface area contributed by atoms with Gasteiger partial charge in [-0.25, -0.2) is 0 Å². The summed E-state index contributed by atoms with van der Waals surface area (Å²) in [7, 11) is -0.764. The predicted octanol–water partition coefficient (Wildman–Crippen LogP) is 0.746. The fraction of sp³-hybridized carbons (Fsp3) is 0.917. The van der Waals surface area contributed by atoms with E-state index in [9.17, 15) is 9.00 Å². The third kappa shape index (κ3) is 5.64. The number of nitrogens with one attached hydrogen (secondary N) is 1. The molecule has 1 saturated heterocycles. The Hall–Kier alpha value is -0.420. The van der Waals surface area contributed by atoms with Gasteiger partial charge in [0.25, 0.3) is 0 Å². The summed E-state index contributed by atoms with van der Waals surface area (Å²) in [6.07, 6.45) is 6.10. The lowest BCUT2D eigenvalue weighted by Crippen LogP contribution is -2.41. The molecule has 0 radical (unpaired) electrons. The summed E-state index contributed by atoms with van der Waals surface area (Å²) in [5.74, 6) is 0.204. The number of likely N-dealkylation sites (tertiary alicyclic amines) is 1. The first-order valence-electron chi connectivity index (χ1n) is 6.42. The van der Waals surface area contributed by atoms with E-state index in [-0.39, 0.29) is 11.2 Å². The molecule has 2 atom stereocenters. The smallest absolute Gasteiger partial charge is 0.236 e. The second kappa shape index (κ2) is 7.82. The molecule has 100 valence electrons. The minimum atomic E-state index is -0.764. The second-order valence-electron chi connectivity index (χ2n) is 4.72. The standard InChI is InChI=1S/C12H24N2O2S/c1-11(17(2)16)6-7-13-10-12(15)14-8-4-3-5-9-14/h11,13H,3-10H2,1-2H3. The first-order valence-corrected chi connectivity index (χ1v) is 8.04. The van der Waals surface area contributed by atoms with Crippen LogP contribution >= 0.6 is 0 Å². The van der Waals surface area contributed by atoms with Crippen LogP contribution in [0.25, 0.3) is 0 Å². The molecule has 0 aromatic heterocycles. The van der Waals surface area contributed by atoms with Crippen LogP contribution in [-0.2, 0) is 15.6 Å². The number of hydrogen-bond donors (Lipinski definition) is 1. The Bertz CT molecular complexity index is 265. The molecule has 0 spiro atoms. The number of amides is 1. The van der Waals surface area contributed by atoms with E-state index in [1.54, 1.807) is 6.26 Å². The average molecular weight is 260 g/mol. The van der Waals surface area contributed by atoms with Gasteiger partial charge in [-0.15, -0.1) is 0 Å². The van der Waals surface area contributed by atoms with Crippen LogP contribution in [-0.4, -0.2) is 52.7 Å². The van der Waals surface area contributed by atoms with Crippen LogP contribution < -0.4 is 5.32 Å². The van der Waals surface area contributed by atoms with Crippen LogP contribution in [0.1, 0.15) is 32.6 Å². The SMILES string of the molecule is CC(CCNCC(=O)N1CCCCC1)S(C)=O. The average Bonchev–Trinajstić information content (AvgIpc) is 2.35. The summed E-state index contributed by atoms with van der Waals surface area (Å²) < 4.78 is 11.1. The molecule has 0 saturated carbocycles. The number of nitrogens with zero attached hydrogens (tertiary/aromatic N) is 1. The van der Waals surface area contributed by atoms with Gasteiger partial charge in [-0.1, -0.05) is 6.92 Å². The van der Waals surface area contributed by atoms with Crippen LogP contribution in [0.5, 0.6) is 0 Å². The maximum absolute atomic E-state index is 11.8. The fourth-order valence-electron chi connectivity index (χ4n) is 1.92. The van der Waals surface area contributed by atoms with Gasteiger partial charge in [0.05, 0.1) is 6.54 Å². The van der Waals surface area contributed by atoms with Crippen molar-refractivity contribution >= 4 is 16.7 Å². The largest absolute Gasteiger partial charge is 0.342 e. The van der Waals surface area contributed by atoms with E-state index in [2.05, 4.69) is 5.32 Å². The van der Waals surface area contributed by atoms with Gasteiger partial charge in [-0.2, -0.15) is 0 Å². The van der Waals surface area contributed by atoms with Gasteiger partial charge in [0.15, 0.2) is 0 Å². The number of carbonyl (C=O) groups is 1. The molecule has 5 heteroatoms. The lowest BCUT2D eigenvalue weighted by atomic mass is 10.1. The predicted molar refractivity (Wildman–Crippen MR) is 71.4 cm³/mol. The monoisotopic (exact) mass is 260 g/mol. The van der Waals surface area contributed by atoms with Crippen LogP contribution in [0, 0.1) is 0 Å². The van der Waals surface area contributed by atoms with E-state index in [0.717, 1.165) is 38.9 Å². The van der Waals surface area contributed by atoms with Crippen LogP contribution in [0.15, 0.2) is 0 Å². The minimum absolute atomic E-state index is 0.201. The van der Waals surface area contributed by atoms with Gasteiger partial charge in [0.1, 0.15) is 0 Å². The van der Waals surface area contributed by atoms with Crippen molar-refractivity contribution in [2.45, 2.75) is 37.9 Å². The highest BCUT2D eigenvalue weighted by molar-refractivity contribution is 7.84. The van der Waals surface area contributed by atoms with Crippen molar-refractivity contribution in [2.24, 2.45) is 0 Å². The van der Waals surface area contributed by atoms with E-state index < -0.39 is 10.8 Å². The van der Waals surface area contributed by atoms with Crippen molar-refractivity contribution in [3.05, 3.63) is 0 Å². The lowest BCUT2D eigenvalue weighted by molar-refractivity contribution is -0.131. The third-order valence-corrected chi connectivity index (χ3v) is 4.65. The Morgan fingerprint density at radius 3 is 2.59 bits per heavy atom. The van der Waals surface area contributed by atoms with Gasteiger partial charge < -0.3 is 10.2 Å². The van der Waals surface area contributed by atoms with Crippen molar-refractivity contribution in [3.63, 3.8) is 0 Å². The highest BCUT2D eigenvalue weighted by Gasteiger charge is 2.15. The molecule has 2 unspecified atom stereocenters. The highest BCUT2D eigenvalue weighted by atomic mass is 32.2. The molecule has 17 heavy (non-hydrogen) atoms. The molecular formula is C12H24N2O2S.